The summed E-state index contributed by atoms with van der Waals surface area (Å²) in [4.78, 5) is 12.5. The maximum Gasteiger partial charge on any atom is 0.241 e. The van der Waals surface area contributed by atoms with Crippen LogP contribution in [-0.4, -0.2) is 41.3 Å². The van der Waals surface area contributed by atoms with Gasteiger partial charge in [-0.3, -0.25) is 9.10 Å². The third-order valence-electron chi connectivity index (χ3n) is 4.09. The standard InChI is InChI=1S/C19H23FN2O5S/c1-13(14-5-7-15(20)8-6-14)21-19(23)12-22(28(4,24)25)16-9-10-17(26-2)18(11-16)27-3/h5-11,13H,12H2,1-4H3,(H,21,23)/t13-/m0/s1. The Hall–Kier alpha value is -2.81. The van der Waals surface area contributed by atoms with E-state index in [1.54, 1.807) is 25.1 Å². The number of hydrogen-bond acceptors (Lipinski definition) is 5. The maximum atomic E-state index is 13.0. The Morgan fingerprint density at radius 1 is 1.11 bits per heavy atom. The zero-order valence-corrected chi connectivity index (χ0v) is 16.9. The van der Waals surface area contributed by atoms with E-state index < -0.39 is 28.5 Å². The van der Waals surface area contributed by atoms with E-state index in [-0.39, 0.29) is 11.5 Å². The Morgan fingerprint density at radius 2 is 1.71 bits per heavy atom. The minimum absolute atomic E-state index is 0.268. The smallest absolute Gasteiger partial charge is 0.241 e. The highest BCUT2D eigenvalue weighted by Crippen LogP contribution is 2.32. The average Bonchev–Trinajstić information content (AvgIpc) is 2.65. The number of ether oxygens (including phenoxy) is 2. The average molecular weight is 410 g/mol. The number of benzene rings is 2. The van der Waals surface area contributed by atoms with Crippen molar-refractivity contribution in [3.8, 4) is 11.5 Å². The Labute approximate surface area is 164 Å². The van der Waals surface area contributed by atoms with Gasteiger partial charge in [-0.2, -0.15) is 0 Å². The van der Waals surface area contributed by atoms with Gasteiger partial charge in [-0.1, -0.05) is 12.1 Å². The number of nitrogens with zero attached hydrogens (tertiary/aromatic N) is 1. The highest BCUT2D eigenvalue weighted by molar-refractivity contribution is 7.92. The summed E-state index contributed by atoms with van der Waals surface area (Å²) in [6.07, 6.45) is 1.01. The van der Waals surface area contributed by atoms with Crippen LogP contribution in [0.1, 0.15) is 18.5 Å². The van der Waals surface area contributed by atoms with Crippen LogP contribution in [0.25, 0.3) is 0 Å². The minimum Gasteiger partial charge on any atom is -0.493 e. The summed E-state index contributed by atoms with van der Waals surface area (Å²) >= 11 is 0. The topological polar surface area (TPSA) is 84.9 Å². The molecule has 0 heterocycles. The Morgan fingerprint density at radius 3 is 2.25 bits per heavy atom. The van der Waals surface area contributed by atoms with Crippen molar-refractivity contribution in [3.63, 3.8) is 0 Å². The van der Waals surface area contributed by atoms with E-state index in [1.807, 2.05) is 0 Å². The van der Waals surface area contributed by atoms with Crippen LogP contribution in [0, 0.1) is 5.82 Å². The first-order valence-corrected chi connectivity index (χ1v) is 10.2. The molecule has 2 rings (SSSR count). The molecule has 1 N–H and O–H groups in total. The fraction of sp³-hybridized carbons (Fsp3) is 0.316. The lowest BCUT2D eigenvalue weighted by Gasteiger charge is -2.24. The zero-order chi connectivity index (χ0) is 20.9. The van der Waals surface area contributed by atoms with Crippen molar-refractivity contribution in [2.24, 2.45) is 0 Å². The molecule has 2 aromatic carbocycles. The van der Waals surface area contributed by atoms with E-state index in [4.69, 9.17) is 9.47 Å². The first-order valence-electron chi connectivity index (χ1n) is 8.40. The zero-order valence-electron chi connectivity index (χ0n) is 16.1. The van der Waals surface area contributed by atoms with Crippen LogP contribution in [0.5, 0.6) is 11.5 Å². The van der Waals surface area contributed by atoms with Gasteiger partial charge in [-0.25, -0.2) is 12.8 Å². The van der Waals surface area contributed by atoms with Gasteiger partial charge in [0.25, 0.3) is 0 Å². The second kappa shape index (κ2) is 8.92. The highest BCUT2D eigenvalue weighted by atomic mass is 32.2. The van der Waals surface area contributed by atoms with E-state index >= 15 is 0 Å². The van der Waals surface area contributed by atoms with Crippen LogP contribution in [0.3, 0.4) is 0 Å². The number of carbonyl (C=O) groups is 1. The van der Waals surface area contributed by atoms with Gasteiger partial charge in [0.1, 0.15) is 12.4 Å². The number of halogens is 1. The predicted octanol–water partition coefficient (Wildman–Crippen LogP) is 2.49. The third-order valence-corrected chi connectivity index (χ3v) is 5.23. The van der Waals surface area contributed by atoms with Crippen LogP contribution >= 0.6 is 0 Å². The van der Waals surface area contributed by atoms with Gasteiger partial charge in [0.2, 0.25) is 15.9 Å². The summed E-state index contributed by atoms with van der Waals surface area (Å²) in [5.74, 6) is -0.0983. The number of carbonyl (C=O) groups excluding carboxylic acids is 1. The summed E-state index contributed by atoms with van der Waals surface area (Å²) < 4.78 is 48.9. The van der Waals surface area contributed by atoms with E-state index in [1.165, 1.54) is 38.5 Å². The second-order valence-corrected chi connectivity index (χ2v) is 8.06. The molecule has 28 heavy (non-hydrogen) atoms. The number of anilines is 1. The molecule has 0 aliphatic rings. The van der Waals surface area contributed by atoms with Crippen molar-refractivity contribution < 1.29 is 27.1 Å². The van der Waals surface area contributed by atoms with E-state index in [0.717, 1.165) is 10.6 Å². The molecule has 0 saturated carbocycles. The molecule has 0 aliphatic heterocycles. The summed E-state index contributed by atoms with van der Waals surface area (Å²) in [5.41, 5.74) is 0.969. The molecule has 152 valence electrons. The van der Waals surface area contributed by atoms with Crippen molar-refractivity contribution in [2.45, 2.75) is 13.0 Å². The second-order valence-electron chi connectivity index (χ2n) is 6.15. The summed E-state index contributed by atoms with van der Waals surface area (Å²) in [6.45, 7) is 1.31. The van der Waals surface area contributed by atoms with E-state index in [0.29, 0.717) is 17.1 Å². The van der Waals surface area contributed by atoms with Gasteiger partial charge in [-0.05, 0) is 36.8 Å². The van der Waals surface area contributed by atoms with Gasteiger partial charge in [-0.15, -0.1) is 0 Å². The third kappa shape index (κ3) is 5.35. The van der Waals surface area contributed by atoms with Crippen LogP contribution in [0.2, 0.25) is 0 Å². The number of nitrogens with one attached hydrogen (secondary N) is 1. The number of sulfonamides is 1. The monoisotopic (exact) mass is 410 g/mol. The van der Waals surface area contributed by atoms with Gasteiger partial charge in [0.15, 0.2) is 11.5 Å². The summed E-state index contributed by atoms with van der Waals surface area (Å²) in [5, 5.41) is 2.72. The molecule has 0 aromatic heterocycles. The Balaban J connectivity index is 2.20. The molecule has 0 aliphatic carbocycles. The Bertz CT molecular complexity index is 932. The Kier molecular flexibility index (Phi) is 6.85. The molecule has 0 fully saturated rings. The van der Waals surface area contributed by atoms with Crippen LogP contribution in [-0.2, 0) is 14.8 Å². The van der Waals surface area contributed by atoms with Crippen LogP contribution < -0.4 is 19.1 Å². The van der Waals surface area contributed by atoms with Crippen molar-refractivity contribution >= 4 is 21.6 Å². The quantitative estimate of drug-likeness (QED) is 0.723. The molecule has 0 unspecified atom stereocenters. The molecule has 0 saturated heterocycles. The van der Waals surface area contributed by atoms with Crippen molar-refractivity contribution in [1.82, 2.24) is 5.32 Å². The van der Waals surface area contributed by atoms with Crippen molar-refractivity contribution in [3.05, 3.63) is 53.8 Å². The molecule has 1 atom stereocenters. The molecule has 0 spiro atoms. The minimum atomic E-state index is -3.74. The molecular weight excluding hydrogens is 387 g/mol. The van der Waals surface area contributed by atoms with E-state index in [9.17, 15) is 17.6 Å². The lowest BCUT2D eigenvalue weighted by atomic mass is 10.1. The fourth-order valence-corrected chi connectivity index (χ4v) is 3.48. The normalized spacial score (nSPS) is 12.2. The van der Waals surface area contributed by atoms with Crippen LogP contribution in [0.4, 0.5) is 10.1 Å². The molecule has 9 heteroatoms. The van der Waals surface area contributed by atoms with Crippen molar-refractivity contribution in [2.75, 3.05) is 31.3 Å². The molecule has 0 radical (unpaired) electrons. The van der Waals surface area contributed by atoms with E-state index in [2.05, 4.69) is 5.32 Å². The number of methoxy groups -OCH3 is 2. The van der Waals surface area contributed by atoms with Gasteiger partial charge >= 0.3 is 0 Å². The first kappa shape index (κ1) is 21.5. The highest BCUT2D eigenvalue weighted by Gasteiger charge is 2.23. The van der Waals surface area contributed by atoms with Crippen LogP contribution in [0.15, 0.2) is 42.5 Å². The van der Waals surface area contributed by atoms with Crippen molar-refractivity contribution in [1.29, 1.82) is 0 Å². The summed E-state index contributed by atoms with van der Waals surface area (Å²) in [6, 6.07) is 9.86. The number of hydrogen-bond donors (Lipinski definition) is 1. The molecule has 1 amide bonds. The van der Waals surface area contributed by atoms with Gasteiger partial charge < -0.3 is 14.8 Å². The number of amides is 1. The largest absolute Gasteiger partial charge is 0.493 e. The van der Waals surface area contributed by atoms with Gasteiger partial charge in [0.05, 0.1) is 32.2 Å². The molecular formula is C19H23FN2O5S. The number of rotatable bonds is 8. The lowest BCUT2D eigenvalue weighted by molar-refractivity contribution is -0.120. The maximum absolute atomic E-state index is 13.0. The summed E-state index contributed by atoms with van der Waals surface area (Å²) in [7, 11) is -0.835. The predicted molar refractivity (Wildman–Crippen MR) is 105 cm³/mol. The molecule has 0 bridgehead atoms. The fourth-order valence-electron chi connectivity index (χ4n) is 2.63. The molecule has 2 aromatic rings. The first-order chi connectivity index (χ1) is 13.2. The van der Waals surface area contributed by atoms with Gasteiger partial charge in [0, 0.05) is 6.07 Å². The molecule has 7 nitrogen and oxygen atoms in total. The SMILES string of the molecule is COc1ccc(N(CC(=O)N[C@@H](C)c2ccc(F)cc2)S(C)(=O)=O)cc1OC. The lowest BCUT2D eigenvalue weighted by Crippen LogP contribution is -2.41.